The molecular weight excluding hydrogens is 510 g/mol. The van der Waals surface area contributed by atoms with Gasteiger partial charge in [0.05, 0.1) is 24.0 Å². The first-order valence-corrected chi connectivity index (χ1v) is 12.4. The first-order valence-electron chi connectivity index (χ1n) is 12.4. The van der Waals surface area contributed by atoms with Crippen LogP contribution in [0.25, 0.3) is 11.3 Å². The molecule has 2 fully saturated rings. The topological polar surface area (TPSA) is 133 Å². The van der Waals surface area contributed by atoms with E-state index in [4.69, 9.17) is 9.84 Å². The molecule has 2 aromatic heterocycles. The quantitative estimate of drug-likeness (QED) is 0.474. The highest BCUT2D eigenvalue weighted by molar-refractivity contribution is 5.95. The van der Waals surface area contributed by atoms with Gasteiger partial charge in [0.25, 0.3) is 0 Å². The van der Waals surface area contributed by atoms with Crippen LogP contribution in [0.3, 0.4) is 0 Å². The molecule has 0 radical (unpaired) electrons. The van der Waals surface area contributed by atoms with E-state index in [2.05, 4.69) is 15.4 Å². The van der Waals surface area contributed by atoms with Crippen molar-refractivity contribution in [2.45, 2.75) is 30.8 Å². The number of likely N-dealkylation sites (tertiary alicyclic amines) is 1. The average molecular weight is 537 g/mol. The van der Waals surface area contributed by atoms with Crippen molar-refractivity contribution in [3.05, 3.63) is 60.0 Å². The first-order chi connectivity index (χ1) is 18.7. The summed E-state index contributed by atoms with van der Waals surface area (Å²) in [5.41, 5.74) is 2.65. The molecule has 5 rings (SSSR count). The maximum absolute atomic E-state index is 14.7. The van der Waals surface area contributed by atoms with Crippen LogP contribution in [0.1, 0.15) is 29.9 Å². The highest BCUT2D eigenvalue weighted by atomic mass is 19.3. The van der Waals surface area contributed by atoms with Crippen molar-refractivity contribution in [1.29, 1.82) is 5.26 Å². The van der Waals surface area contributed by atoms with E-state index in [1.54, 1.807) is 29.1 Å². The van der Waals surface area contributed by atoms with Gasteiger partial charge in [0, 0.05) is 49.6 Å². The van der Waals surface area contributed by atoms with Crippen molar-refractivity contribution in [2.75, 3.05) is 25.0 Å². The molecule has 2 aliphatic rings. The number of hydrogen-bond acceptors (Lipinski definition) is 7. The highest BCUT2D eigenvalue weighted by Gasteiger charge is 2.48. The van der Waals surface area contributed by atoms with Gasteiger partial charge in [-0.05, 0) is 48.2 Å². The molecule has 39 heavy (non-hydrogen) atoms. The number of alkyl halides is 2. The number of halogens is 2. The molecule has 2 amide bonds. The zero-order valence-electron chi connectivity index (χ0n) is 21.1. The van der Waals surface area contributed by atoms with E-state index in [1.807, 2.05) is 19.3 Å². The van der Waals surface area contributed by atoms with Crippen molar-refractivity contribution >= 4 is 17.5 Å². The lowest BCUT2D eigenvalue weighted by Crippen LogP contribution is -2.55. The Morgan fingerprint density at radius 1 is 1.31 bits per heavy atom. The Bertz CT molecular complexity index is 1450. The average Bonchev–Trinajstić information content (AvgIpc) is 3.62. The van der Waals surface area contributed by atoms with Crippen LogP contribution in [0.2, 0.25) is 0 Å². The Balaban J connectivity index is 1.27. The summed E-state index contributed by atoms with van der Waals surface area (Å²) in [6.07, 6.45) is 4.27. The van der Waals surface area contributed by atoms with Crippen LogP contribution in [-0.2, 0) is 16.6 Å². The van der Waals surface area contributed by atoms with Gasteiger partial charge in [-0.25, -0.2) is 8.78 Å². The SMILES string of the molecule is Cn1cc([C@H]2CC2C(=O)Nc2ccnc(-c3ccc(O[C@H]4CCN(C(=O)CO)CC4(F)F)c(C#N)c3)c2)cn1. The lowest BCUT2D eigenvalue weighted by atomic mass is 10.0. The largest absolute Gasteiger partial charge is 0.483 e. The van der Waals surface area contributed by atoms with Crippen LogP contribution in [0.4, 0.5) is 14.5 Å². The number of nitrogens with one attached hydrogen (secondary N) is 1. The van der Waals surface area contributed by atoms with Crippen molar-refractivity contribution in [3.8, 4) is 23.1 Å². The van der Waals surface area contributed by atoms with Crippen molar-refractivity contribution in [3.63, 3.8) is 0 Å². The number of aliphatic hydroxyl groups is 1. The summed E-state index contributed by atoms with van der Waals surface area (Å²) >= 11 is 0. The lowest BCUT2D eigenvalue weighted by molar-refractivity contribution is -0.161. The van der Waals surface area contributed by atoms with Gasteiger partial charge in [0.1, 0.15) is 18.4 Å². The number of nitriles is 1. The number of rotatable bonds is 7. The van der Waals surface area contributed by atoms with E-state index in [1.165, 1.54) is 18.3 Å². The van der Waals surface area contributed by atoms with Gasteiger partial charge >= 0.3 is 5.92 Å². The minimum absolute atomic E-state index is 0.00585. The van der Waals surface area contributed by atoms with Crippen LogP contribution in [0.15, 0.2) is 48.9 Å². The van der Waals surface area contributed by atoms with Gasteiger partial charge in [0.15, 0.2) is 6.10 Å². The monoisotopic (exact) mass is 536 g/mol. The fourth-order valence-corrected chi connectivity index (χ4v) is 4.80. The molecule has 1 aliphatic carbocycles. The van der Waals surface area contributed by atoms with E-state index in [9.17, 15) is 23.6 Å². The van der Waals surface area contributed by atoms with Gasteiger partial charge in [-0.3, -0.25) is 19.3 Å². The summed E-state index contributed by atoms with van der Waals surface area (Å²) < 4.78 is 36.6. The second kappa shape index (κ2) is 10.4. The third kappa shape index (κ3) is 5.58. The number of amides is 2. The van der Waals surface area contributed by atoms with Crippen molar-refractivity contribution in [2.24, 2.45) is 13.0 Å². The van der Waals surface area contributed by atoms with E-state index in [0.717, 1.165) is 16.9 Å². The Kier molecular flexibility index (Phi) is 7.01. The molecule has 1 aromatic carbocycles. The minimum atomic E-state index is -3.36. The van der Waals surface area contributed by atoms with Gasteiger partial charge < -0.3 is 20.1 Å². The van der Waals surface area contributed by atoms with Crippen LogP contribution >= 0.6 is 0 Å². The second-order valence-electron chi connectivity index (χ2n) is 9.77. The zero-order chi connectivity index (χ0) is 27.7. The van der Waals surface area contributed by atoms with E-state index < -0.39 is 31.1 Å². The fourth-order valence-electron chi connectivity index (χ4n) is 4.80. The molecule has 3 heterocycles. The van der Waals surface area contributed by atoms with E-state index in [-0.39, 0.29) is 42.0 Å². The number of pyridine rings is 1. The Labute approximate surface area is 222 Å². The van der Waals surface area contributed by atoms with Crippen LogP contribution < -0.4 is 10.1 Å². The summed E-state index contributed by atoms with van der Waals surface area (Å²) in [5.74, 6) is -4.24. The number of carbonyl (C=O) groups excluding carboxylic acids is 2. The summed E-state index contributed by atoms with van der Waals surface area (Å²) in [4.78, 5) is 29.6. The summed E-state index contributed by atoms with van der Waals surface area (Å²) in [6.45, 7) is -1.71. The Morgan fingerprint density at radius 3 is 2.82 bits per heavy atom. The molecular formula is C27H26F2N6O4. The van der Waals surface area contributed by atoms with E-state index >= 15 is 0 Å². The predicted molar refractivity (Wildman–Crippen MR) is 135 cm³/mol. The summed E-state index contributed by atoms with van der Waals surface area (Å²) in [5, 5.41) is 25.7. The smallest absolute Gasteiger partial charge is 0.301 e. The molecule has 1 aliphatic heterocycles. The number of benzene rings is 1. The molecule has 0 bridgehead atoms. The molecule has 2 N–H and O–H groups in total. The van der Waals surface area contributed by atoms with E-state index in [0.29, 0.717) is 16.9 Å². The maximum Gasteiger partial charge on any atom is 0.301 e. The van der Waals surface area contributed by atoms with Gasteiger partial charge in [0.2, 0.25) is 11.8 Å². The Hall–Kier alpha value is -4.37. The van der Waals surface area contributed by atoms with Crippen molar-refractivity contribution < 1.29 is 28.2 Å². The molecule has 10 nitrogen and oxygen atoms in total. The van der Waals surface area contributed by atoms with Crippen LogP contribution in [0, 0.1) is 17.2 Å². The predicted octanol–water partition coefficient (Wildman–Crippen LogP) is 2.70. The number of hydrogen-bond donors (Lipinski definition) is 2. The number of aryl methyl sites for hydroxylation is 1. The first kappa shape index (κ1) is 26.2. The molecule has 1 saturated carbocycles. The Morgan fingerprint density at radius 2 is 2.13 bits per heavy atom. The molecule has 202 valence electrons. The number of nitrogens with zero attached hydrogens (tertiary/aromatic N) is 5. The number of anilines is 1. The number of aliphatic hydroxyl groups excluding tert-OH is 1. The van der Waals surface area contributed by atoms with Crippen LogP contribution in [0.5, 0.6) is 5.75 Å². The molecule has 1 unspecified atom stereocenters. The molecule has 0 spiro atoms. The molecule has 1 saturated heterocycles. The number of carbonyl (C=O) groups is 2. The van der Waals surface area contributed by atoms with Crippen molar-refractivity contribution in [1.82, 2.24) is 19.7 Å². The molecule has 3 atom stereocenters. The fraction of sp³-hybridized carbons (Fsp3) is 0.370. The number of ether oxygens (including phenoxy) is 1. The summed E-state index contributed by atoms with van der Waals surface area (Å²) in [7, 11) is 1.83. The van der Waals surface area contributed by atoms with Gasteiger partial charge in [-0.2, -0.15) is 10.4 Å². The van der Waals surface area contributed by atoms with Gasteiger partial charge in [-0.15, -0.1) is 0 Å². The third-order valence-electron chi connectivity index (χ3n) is 6.99. The third-order valence-corrected chi connectivity index (χ3v) is 6.99. The highest BCUT2D eigenvalue weighted by Crippen LogP contribution is 2.47. The van der Waals surface area contributed by atoms with Crippen LogP contribution in [-0.4, -0.2) is 68.3 Å². The molecule has 3 aromatic rings. The zero-order valence-corrected chi connectivity index (χ0v) is 21.1. The summed E-state index contributed by atoms with van der Waals surface area (Å²) in [6, 6.07) is 9.86. The normalized spacial score (nSPS) is 21.6. The second-order valence-corrected chi connectivity index (χ2v) is 9.77. The minimum Gasteiger partial charge on any atom is -0.483 e. The standard InChI is InChI=1S/C27H26F2N6O4/c1-34-13-18(12-32-34)20-10-21(20)26(38)33-19-4-6-31-22(9-19)16-2-3-23(17(8-16)11-30)39-24-5-7-35(25(37)14-36)15-27(24,28)29/h2-4,6,8-9,12-13,20-21,24,36H,5,7,10,14-15H2,1H3,(H,31,33,38)/t20-,21?,24+/m1/s1. The maximum atomic E-state index is 14.7. The number of piperidine rings is 1. The molecule has 12 heteroatoms. The number of aromatic nitrogens is 3. The lowest BCUT2D eigenvalue weighted by Gasteiger charge is -2.38. The van der Waals surface area contributed by atoms with Gasteiger partial charge in [-0.1, -0.05) is 0 Å².